The molecule has 5 heteroatoms. The Morgan fingerprint density at radius 1 is 1.26 bits per heavy atom. The minimum Gasteiger partial charge on any atom is -0.370 e. The van der Waals surface area contributed by atoms with Crippen LogP contribution in [0.2, 0.25) is 0 Å². The molecular weight excluding hydrogens is 238 g/mol. The molecule has 2 rings (SSSR count). The molecule has 1 aromatic heterocycles. The van der Waals surface area contributed by atoms with Crippen molar-refractivity contribution in [2.45, 2.75) is 39.0 Å². The molecule has 1 aromatic rings. The normalized spacial score (nSPS) is 15.2. The van der Waals surface area contributed by atoms with Crippen LogP contribution in [-0.2, 0) is 0 Å². The topological polar surface area (TPSA) is 73.6 Å². The molecule has 0 radical (unpaired) electrons. The van der Waals surface area contributed by atoms with Crippen LogP contribution >= 0.6 is 0 Å². The Balaban J connectivity index is 1.84. The molecule has 1 aliphatic rings. The van der Waals surface area contributed by atoms with Gasteiger partial charge in [0.05, 0.1) is 6.07 Å². The van der Waals surface area contributed by atoms with Gasteiger partial charge in [-0.1, -0.05) is 25.7 Å². The summed E-state index contributed by atoms with van der Waals surface area (Å²) in [6, 6.07) is 3.90. The fourth-order valence-electron chi connectivity index (χ4n) is 2.58. The van der Waals surface area contributed by atoms with Crippen molar-refractivity contribution in [3.8, 4) is 6.07 Å². The predicted molar refractivity (Wildman–Crippen MR) is 75.9 cm³/mol. The van der Waals surface area contributed by atoms with E-state index in [4.69, 9.17) is 5.26 Å². The molecule has 0 aliphatic heterocycles. The van der Waals surface area contributed by atoms with E-state index >= 15 is 0 Å². The van der Waals surface area contributed by atoms with Crippen molar-refractivity contribution in [3.63, 3.8) is 0 Å². The lowest BCUT2D eigenvalue weighted by Gasteiger charge is -2.11. The molecule has 0 saturated heterocycles. The van der Waals surface area contributed by atoms with Crippen LogP contribution in [0.4, 0.5) is 11.6 Å². The number of hydrogen-bond donors (Lipinski definition) is 2. The Bertz CT molecular complexity index is 446. The summed E-state index contributed by atoms with van der Waals surface area (Å²) in [6.45, 7) is 3.08. The first kappa shape index (κ1) is 13.6. The summed E-state index contributed by atoms with van der Waals surface area (Å²) >= 11 is 0. The van der Waals surface area contributed by atoms with Gasteiger partial charge in [0.25, 0.3) is 0 Å². The maximum Gasteiger partial charge on any atom is 0.132 e. The Kier molecular flexibility index (Phi) is 4.96. The van der Waals surface area contributed by atoms with E-state index in [1.807, 2.05) is 19.1 Å². The van der Waals surface area contributed by atoms with Gasteiger partial charge in [0, 0.05) is 12.6 Å². The molecule has 0 atom stereocenters. The summed E-state index contributed by atoms with van der Waals surface area (Å²) in [6.07, 6.45) is 6.74. The monoisotopic (exact) mass is 259 g/mol. The second-order valence-electron chi connectivity index (χ2n) is 5.06. The van der Waals surface area contributed by atoms with Gasteiger partial charge in [-0.25, -0.2) is 9.97 Å². The number of nitrogens with zero attached hydrogens (tertiary/aromatic N) is 3. The van der Waals surface area contributed by atoms with Gasteiger partial charge in [-0.3, -0.25) is 0 Å². The molecule has 1 heterocycles. The second-order valence-corrected chi connectivity index (χ2v) is 5.06. The minimum absolute atomic E-state index is 0.262. The van der Waals surface area contributed by atoms with E-state index in [9.17, 15) is 0 Å². The van der Waals surface area contributed by atoms with E-state index in [2.05, 4.69) is 20.6 Å². The molecule has 5 nitrogen and oxygen atoms in total. The SMILES string of the molecule is Cc1nc(NCC#N)cc(NCCC2CCCC2)n1. The first-order valence-electron chi connectivity index (χ1n) is 6.98. The first-order chi connectivity index (χ1) is 9.28. The van der Waals surface area contributed by atoms with Crippen LogP contribution < -0.4 is 10.6 Å². The molecule has 0 spiro atoms. The molecule has 1 fully saturated rings. The maximum absolute atomic E-state index is 8.56. The van der Waals surface area contributed by atoms with E-state index < -0.39 is 0 Å². The quantitative estimate of drug-likeness (QED) is 0.768. The number of nitrogens with one attached hydrogen (secondary N) is 2. The lowest BCUT2D eigenvalue weighted by atomic mass is 10.0. The zero-order chi connectivity index (χ0) is 13.5. The van der Waals surface area contributed by atoms with Crippen molar-refractivity contribution >= 4 is 11.6 Å². The lowest BCUT2D eigenvalue weighted by Crippen LogP contribution is -2.10. The summed E-state index contributed by atoms with van der Waals surface area (Å²) in [5.41, 5.74) is 0. The third-order valence-corrected chi connectivity index (χ3v) is 3.52. The highest BCUT2D eigenvalue weighted by Crippen LogP contribution is 2.27. The number of hydrogen-bond acceptors (Lipinski definition) is 5. The van der Waals surface area contributed by atoms with Crippen molar-refractivity contribution in [1.29, 1.82) is 5.26 Å². The van der Waals surface area contributed by atoms with E-state index in [-0.39, 0.29) is 6.54 Å². The van der Waals surface area contributed by atoms with Gasteiger partial charge in [0.2, 0.25) is 0 Å². The van der Waals surface area contributed by atoms with Crippen molar-refractivity contribution in [1.82, 2.24) is 9.97 Å². The molecule has 0 aromatic carbocycles. The summed E-state index contributed by atoms with van der Waals surface area (Å²) < 4.78 is 0. The number of aryl methyl sites for hydroxylation is 1. The van der Waals surface area contributed by atoms with Gasteiger partial charge in [-0.2, -0.15) is 5.26 Å². The van der Waals surface area contributed by atoms with Gasteiger partial charge >= 0.3 is 0 Å². The van der Waals surface area contributed by atoms with E-state index in [1.165, 1.54) is 32.1 Å². The number of rotatable bonds is 6. The Morgan fingerprint density at radius 2 is 1.95 bits per heavy atom. The largest absolute Gasteiger partial charge is 0.370 e. The smallest absolute Gasteiger partial charge is 0.132 e. The second kappa shape index (κ2) is 6.93. The molecule has 19 heavy (non-hydrogen) atoms. The van der Waals surface area contributed by atoms with Crippen molar-refractivity contribution in [2.75, 3.05) is 23.7 Å². The van der Waals surface area contributed by atoms with Crippen LogP contribution in [0.25, 0.3) is 0 Å². The molecule has 0 amide bonds. The standard InChI is InChI=1S/C14H21N5/c1-11-18-13(10-14(19-11)17-9-7-15)16-8-6-12-4-2-3-5-12/h10,12H,2-6,8-9H2,1H3,(H2,16,17,18,19). The zero-order valence-electron chi connectivity index (χ0n) is 11.4. The molecule has 1 aliphatic carbocycles. The Morgan fingerprint density at radius 3 is 2.63 bits per heavy atom. The van der Waals surface area contributed by atoms with Gasteiger partial charge < -0.3 is 10.6 Å². The fraction of sp³-hybridized carbons (Fsp3) is 0.643. The van der Waals surface area contributed by atoms with Gasteiger partial charge in [0.1, 0.15) is 24.0 Å². The van der Waals surface area contributed by atoms with Gasteiger partial charge in [0.15, 0.2) is 0 Å². The highest BCUT2D eigenvalue weighted by atomic mass is 15.1. The van der Waals surface area contributed by atoms with Crippen molar-refractivity contribution in [3.05, 3.63) is 11.9 Å². The fourth-order valence-corrected chi connectivity index (χ4v) is 2.58. The Labute approximate surface area is 114 Å². The van der Waals surface area contributed by atoms with Crippen LogP contribution in [0.15, 0.2) is 6.07 Å². The molecular formula is C14H21N5. The van der Waals surface area contributed by atoms with Crippen LogP contribution in [0.1, 0.15) is 37.9 Å². The molecule has 102 valence electrons. The average Bonchev–Trinajstić information content (AvgIpc) is 2.89. The van der Waals surface area contributed by atoms with Crippen LogP contribution in [0.5, 0.6) is 0 Å². The van der Waals surface area contributed by atoms with Crippen molar-refractivity contribution < 1.29 is 0 Å². The van der Waals surface area contributed by atoms with E-state index in [1.54, 1.807) is 0 Å². The molecule has 2 N–H and O–H groups in total. The van der Waals surface area contributed by atoms with Crippen LogP contribution in [-0.4, -0.2) is 23.1 Å². The molecule has 1 saturated carbocycles. The van der Waals surface area contributed by atoms with Gasteiger partial charge in [-0.15, -0.1) is 0 Å². The number of anilines is 2. The van der Waals surface area contributed by atoms with Crippen LogP contribution in [0, 0.1) is 24.2 Å². The van der Waals surface area contributed by atoms with E-state index in [0.29, 0.717) is 11.6 Å². The van der Waals surface area contributed by atoms with Gasteiger partial charge in [-0.05, 0) is 19.3 Å². The molecule has 0 unspecified atom stereocenters. The zero-order valence-corrected chi connectivity index (χ0v) is 11.4. The summed E-state index contributed by atoms with van der Waals surface area (Å²) in [5, 5.41) is 14.9. The van der Waals surface area contributed by atoms with Crippen molar-refractivity contribution in [2.24, 2.45) is 5.92 Å². The Hall–Kier alpha value is -1.83. The summed E-state index contributed by atoms with van der Waals surface area (Å²) in [4.78, 5) is 8.60. The molecule has 0 bridgehead atoms. The number of nitriles is 1. The highest BCUT2D eigenvalue weighted by Gasteiger charge is 2.14. The summed E-state index contributed by atoms with van der Waals surface area (Å²) in [5.74, 6) is 3.14. The lowest BCUT2D eigenvalue weighted by molar-refractivity contribution is 0.518. The third kappa shape index (κ3) is 4.40. The maximum atomic E-state index is 8.56. The minimum atomic E-state index is 0.262. The highest BCUT2D eigenvalue weighted by molar-refractivity contribution is 5.47. The first-order valence-corrected chi connectivity index (χ1v) is 6.98. The number of aromatic nitrogens is 2. The third-order valence-electron chi connectivity index (χ3n) is 3.52. The predicted octanol–water partition coefficient (Wildman–Crippen LogP) is 2.71. The van der Waals surface area contributed by atoms with Crippen LogP contribution in [0.3, 0.4) is 0 Å². The van der Waals surface area contributed by atoms with E-state index in [0.717, 1.165) is 18.3 Å². The average molecular weight is 259 g/mol. The summed E-state index contributed by atoms with van der Waals surface area (Å²) in [7, 11) is 0.